The summed E-state index contributed by atoms with van der Waals surface area (Å²) in [5.41, 5.74) is 0. The van der Waals surface area contributed by atoms with Crippen molar-refractivity contribution in [1.82, 2.24) is 10.6 Å². The van der Waals surface area contributed by atoms with E-state index in [4.69, 9.17) is 9.15 Å². The third-order valence-electron chi connectivity index (χ3n) is 3.84. The van der Waals surface area contributed by atoms with Gasteiger partial charge in [0.1, 0.15) is 12.3 Å². The summed E-state index contributed by atoms with van der Waals surface area (Å²) in [7, 11) is 0. The molecule has 1 heterocycles. The first-order chi connectivity index (χ1) is 10.9. The molecular weight excluding hydrogens is 405 g/mol. The molecule has 1 fully saturated rings. The zero-order chi connectivity index (χ0) is 15.5. The Kier molecular flexibility index (Phi) is 11.1. The normalized spacial score (nSPS) is 16.0. The van der Waals surface area contributed by atoms with Crippen LogP contribution >= 0.6 is 24.0 Å². The third kappa shape index (κ3) is 8.60. The molecule has 23 heavy (non-hydrogen) atoms. The molecule has 0 amide bonds. The quantitative estimate of drug-likeness (QED) is 0.283. The molecule has 6 heteroatoms. The molecule has 0 bridgehead atoms. The first kappa shape index (κ1) is 20.3. The van der Waals surface area contributed by atoms with Crippen molar-refractivity contribution >= 4 is 29.9 Å². The van der Waals surface area contributed by atoms with E-state index in [1.165, 1.54) is 32.1 Å². The summed E-state index contributed by atoms with van der Waals surface area (Å²) in [5.74, 6) is 1.70. The first-order valence-corrected chi connectivity index (χ1v) is 8.54. The van der Waals surface area contributed by atoms with Crippen molar-refractivity contribution in [2.75, 3.05) is 19.7 Å². The zero-order valence-electron chi connectivity index (χ0n) is 14.1. The highest BCUT2D eigenvalue weighted by Crippen LogP contribution is 2.20. The van der Waals surface area contributed by atoms with E-state index in [-0.39, 0.29) is 24.0 Å². The molecule has 0 saturated heterocycles. The van der Waals surface area contributed by atoms with Gasteiger partial charge in [0.2, 0.25) is 0 Å². The lowest BCUT2D eigenvalue weighted by atomic mass is 9.98. The predicted molar refractivity (Wildman–Crippen MR) is 104 cm³/mol. The Morgan fingerprint density at radius 2 is 2.13 bits per heavy atom. The summed E-state index contributed by atoms with van der Waals surface area (Å²) in [4.78, 5) is 4.50. The molecule has 0 spiro atoms. The van der Waals surface area contributed by atoms with E-state index in [9.17, 15) is 0 Å². The number of aliphatic imine (C=N–C) groups is 1. The number of nitrogens with zero attached hydrogens (tertiary/aromatic N) is 1. The highest BCUT2D eigenvalue weighted by atomic mass is 127. The molecule has 1 aromatic rings. The van der Waals surface area contributed by atoms with Gasteiger partial charge in [-0.05, 0) is 38.3 Å². The van der Waals surface area contributed by atoms with Gasteiger partial charge in [0.05, 0.1) is 12.4 Å². The minimum absolute atomic E-state index is 0. The van der Waals surface area contributed by atoms with E-state index in [2.05, 4.69) is 22.5 Å². The highest BCUT2D eigenvalue weighted by Gasteiger charge is 2.12. The SMILES string of the molecule is CCNC(=NCc1ccco1)NCCCOC1CCCCC1.I. The summed E-state index contributed by atoms with van der Waals surface area (Å²) in [6, 6.07) is 3.82. The van der Waals surface area contributed by atoms with Crippen LogP contribution in [0.2, 0.25) is 0 Å². The van der Waals surface area contributed by atoms with Crippen molar-refractivity contribution in [2.24, 2.45) is 4.99 Å². The van der Waals surface area contributed by atoms with Gasteiger partial charge in [-0.25, -0.2) is 4.99 Å². The van der Waals surface area contributed by atoms with Crippen LogP contribution in [0.3, 0.4) is 0 Å². The molecule has 1 aliphatic carbocycles. The van der Waals surface area contributed by atoms with Crippen LogP contribution in [0, 0.1) is 0 Å². The van der Waals surface area contributed by atoms with Crippen LogP contribution in [0.25, 0.3) is 0 Å². The average molecular weight is 435 g/mol. The second kappa shape index (κ2) is 12.6. The molecule has 0 aliphatic heterocycles. The predicted octanol–water partition coefficient (Wildman–Crippen LogP) is 3.69. The monoisotopic (exact) mass is 435 g/mol. The Labute approximate surface area is 156 Å². The van der Waals surface area contributed by atoms with E-state index >= 15 is 0 Å². The molecular formula is C17H30IN3O2. The van der Waals surface area contributed by atoms with Gasteiger partial charge >= 0.3 is 0 Å². The summed E-state index contributed by atoms with van der Waals surface area (Å²) in [5, 5.41) is 6.58. The standard InChI is InChI=1S/C17H29N3O2.HI/c1-2-18-17(20-14-16-10-6-12-22-16)19-11-7-13-21-15-8-4-3-5-9-15;/h6,10,12,15H,2-5,7-9,11,13-14H2,1H3,(H2,18,19,20);1H. The van der Waals surface area contributed by atoms with Crippen molar-refractivity contribution in [1.29, 1.82) is 0 Å². The smallest absolute Gasteiger partial charge is 0.191 e. The minimum atomic E-state index is 0. The van der Waals surface area contributed by atoms with Crippen molar-refractivity contribution in [3.8, 4) is 0 Å². The van der Waals surface area contributed by atoms with E-state index in [0.29, 0.717) is 12.6 Å². The fourth-order valence-corrected chi connectivity index (χ4v) is 2.66. The van der Waals surface area contributed by atoms with Crippen LogP contribution in [0.15, 0.2) is 27.8 Å². The average Bonchev–Trinajstić information content (AvgIpc) is 3.06. The fraction of sp³-hybridized carbons (Fsp3) is 0.706. The van der Waals surface area contributed by atoms with Gasteiger partial charge in [-0.1, -0.05) is 19.3 Å². The Balaban J connectivity index is 0.00000264. The van der Waals surface area contributed by atoms with Crippen molar-refractivity contribution in [2.45, 2.75) is 58.1 Å². The van der Waals surface area contributed by atoms with Gasteiger partial charge in [-0.3, -0.25) is 0 Å². The number of ether oxygens (including phenoxy) is 1. The van der Waals surface area contributed by atoms with Crippen LogP contribution < -0.4 is 10.6 Å². The van der Waals surface area contributed by atoms with Crippen molar-refractivity contribution < 1.29 is 9.15 Å². The van der Waals surface area contributed by atoms with Crippen molar-refractivity contribution in [3.05, 3.63) is 24.2 Å². The topological polar surface area (TPSA) is 58.8 Å². The van der Waals surface area contributed by atoms with E-state index < -0.39 is 0 Å². The van der Waals surface area contributed by atoms with E-state index in [0.717, 1.165) is 37.8 Å². The molecule has 0 aromatic carbocycles. The molecule has 1 saturated carbocycles. The lowest BCUT2D eigenvalue weighted by molar-refractivity contribution is 0.0277. The number of rotatable bonds is 8. The van der Waals surface area contributed by atoms with Crippen LogP contribution in [-0.4, -0.2) is 31.8 Å². The number of nitrogens with one attached hydrogen (secondary N) is 2. The Bertz CT molecular complexity index is 417. The van der Waals surface area contributed by atoms with Crippen LogP contribution in [0.1, 0.15) is 51.2 Å². The maximum atomic E-state index is 5.93. The Hall–Kier alpha value is -0.760. The molecule has 0 atom stereocenters. The maximum absolute atomic E-state index is 5.93. The number of hydrogen-bond donors (Lipinski definition) is 2. The molecule has 5 nitrogen and oxygen atoms in total. The van der Waals surface area contributed by atoms with Gasteiger partial charge < -0.3 is 19.8 Å². The first-order valence-electron chi connectivity index (χ1n) is 8.54. The van der Waals surface area contributed by atoms with Gasteiger partial charge in [-0.2, -0.15) is 0 Å². The van der Waals surface area contributed by atoms with Gasteiger partial charge in [0, 0.05) is 19.7 Å². The molecule has 0 radical (unpaired) electrons. The highest BCUT2D eigenvalue weighted by molar-refractivity contribution is 14.0. The molecule has 1 aliphatic rings. The second-order valence-electron chi connectivity index (χ2n) is 5.69. The largest absolute Gasteiger partial charge is 0.467 e. The summed E-state index contributed by atoms with van der Waals surface area (Å²) in [6.07, 6.45) is 9.67. The molecule has 1 aromatic heterocycles. The number of halogens is 1. The van der Waals surface area contributed by atoms with E-state index in [1.54, 1.807) is 6.26 Å². The van der Waals surface area contributed by atoms with Gasteiger partial charge in [0.25, 0.3) is 0 Å². The Morgan fingerprint density at radius 1 is 1.30 bits per heavy atom. The third-order valence-corrected chi connectivity index (χ3v) is 3.84. The van der Waals surface area contributed by atoms with Gasteiger partial charge in [-0.15, -0.1) is 24.0 Å². The second-order valence-corrected chi connectivity index (χ2v) is 5.69. The number of guanidine groups is 1. The van der Waals surface area contributed by atoms with Crippen LogP contribution in [0.5, 0.6) is 0 Å². The lowest BCUT2D eigenvalue weighted by Gasteiger charge is -2.22. The summed E-state index contributed by atoms with van der Waals surface area (Å²) in [6.45, 7) is 5.17. The minimum Gasteiger partial charge on any atom is -0.467 e. The van der Waals surface area contributed by atoms with Crippen LogP contribution in [0.4, 0.5) is 0 Å². The number of furan rings is 1. The van der Waals surface area contributed by atoms with Crippen molar-refractivity contribution in [3.63, 3.8) is 0 Å². The Morgan fingerprint density at radius 3 is 2.83 bits per heavy atom. The maximum Gasteiger partial charge on any atom is 0.191 e. The molecule has 2 N–H and O–H groups in total. The molecule has 132 valence electrons. The van der Waals surface area contributed by atoms with E-state index in [1.807, 2.05) is 12.1 Å². The summed E-state index contributed by atoms with van der Waals surface area (Å²) < 4.78 is 11.2. The fourth-order valence-electron chi connectivity index (χ4n) is 2.66. The summed E-state index contributed by atoms with van der Waals surface area (Å²) >= 11 is 0. The molecule has 0 unspecified atom stereocenters. The molecule has 2 rings (SSSR count). The zero-order valence-corrected chi connectivity index (χ0v) is 16.4. The van der Waals surface area contributed by atoms with Gasteiger partial charge in [0.15, 0.2) is 5.96 Å². The lowest BCUT2D eigenvalue weighted by Crippen LogP contribution is -2.38. The van der Waals surface area contributed by atoms with Crippen LogP contribution in [-0.2, 0) is 11.3 Å². The number of hydrogen-bond acceptors (Lipinski definition) is 3.